The zero-order valence-corrected chi connectivity index (χ0v) is 18.1. The van der Waals surface area contributed by atoms with Gasteiger partial charge in [-0.05, 0) is 38.0 Å². The first-order valence-corrected chi connectivity index (χ1v) is 9.48. The molecule has 1 aliphatic carbocycles. The van der Waals surface area contributed by atoms with Gasteiger partial charge >= 0.3 is 0 Å². The Kier molecular flexibility index (Phi) is 11.4. The van der Waals surface area contributed by atoms with E-state index in [-0.39, 0.29) is 29.9 Å². The third-order valence-corrected chi connectivity index (χ3v) is 5.14. The summed E-state index contributed by atoms with van der Waals surface area (Å²) >= 11 is 0. The number of rotatable bonds is 7. The highest BCUT2D eigenvalue weighted by molar-refractivity contribution is 14.0. The van der Waals surface area contributed by atoms with Crippen molar-refractivity contribution in [3.63, 3.8) is 0 Å². The average Bonchev–Trinajstić information content (AvgIpc) is 3.10. The number of ether oxygens (including phenoxy) is 1. The van der Waals surface area contributed by atoms with Crippen LogP contribution in [0.2, 0.25) is 0 Å². The van der Waals surface area contributed by atoms with Crippen molar-refractivity contribution in [3.05, 3.63) is 0 Å². The molecule has 25 heavy (non-hydrogen) atoms. The van der Waals surface area contributed by atoms with Crippen molar-refractivity contribution in [2.24, 2.45) is 10.9 Å². The van der Waals surface area contributed by atoms with Crippen molar-refractivity contribution in [3.8, 4) is 0 Å². The van der Waals surface area contributed by atoms with Crippen molar-refractivity contribution in [2.45, 2.75) is 57.4 Å². The number of hydrogen-bond acceptors (Lipinski definition) is 3. The van der Waals surface area contributed by atoms with Crippen LogP contribution in [0.3, 0.4) is 0 Å². The Labute approximate surface area is 169 Å². The van der Waals surface area contributed by atoms with Crippen LogP contribution in [-0.4, -0.2) is 63.2 Å². The second kappa shape index (κ2) is 12.7. The van der Waals surface area contributed by atoms with E-state index in [0.717, 1.165) is 44.5 Å². The molecule has 0 aromatic rings. The Morgan fingerprint density at radius 3 is 2.52 bits per heavy atom. The molecular formula is C18H35IN4O2. The molecule has 2 N–H and O–H groups in total. The van der Waals surface area contributed by atoms with Crippen LogP contribution in [0.25, 0.3) is 0 Å². The van der Waals surface area contributed by atoms with Crippen LogP contribution < -0.4 is 10.6 Å². The summed E-state index contributed by atoms with van der Waals surface area (Å²) in [6, 6.07) is 0.402. The summed E-state index contributed by atoms with van der Waals surface area (Å²) in [5, 5.41) is 6.43. The van der Waals surface area contributed by atoms with E-state index < -0.39 is 0 Å². The first-order valence-electron chi connectivity index (χ1n) is 9.48. The highest BCUT2D eigenvalue weighted by Crippen LogP contribution is 2.18. The normalized spacial score (nSPS) is 19.4. The summed E-state index contributed by atoms with van der Waals surface area (Å²) in [6.45, 7) is 3.42. The molecule has 0 unspecified atom stereocenters. The van der Waals surface area contributed by atoms with Crippen molar-refractivity contribution in [1.82, 2.24) is 15.5 Å². The number of aliphatic imine (C=N–C) groups is 1. The van der Waals surface area contributed by atoms with Crippen LogP contribution in [0.4, 0.5) is 0 Å². The molecular weight excluding hydrogens is 431 g/mol. The second-order valence-electron chi connectivity index (χ2n) is 7.04. The second-order valence-corrected chi connectivity index (χ2v) is 7.04. The molecule has 6 nitrogen and oxygen atoms in total. The van der Waals surface area contributed by atoms with Crippen LogP contribution in [0.15, 0.2) is 4.99 Å². The summed E-state index contributed by atoms with van der Waals surface area (Å²) in [5.41, 5.74) is 0. The Balaban J connectivity index is 0.00000312. The van der Waals surface area contributed by atoms with Crippen molar-refractivity contribution < 1.29 is 9.53 Å². The number of carbonyl (C=O) groups is 1. The van der Waals surface area contributed by atoms with Gasteiger partial charge in [-0.3, -0.25) is 9.79 Å². The molecule has 0 aromatic heterocycles. The first kappa shape index (κ1) is 22.5. The number of nitrogens with one attached hydrogen (secondary N) is 2. The van der Waals surface area contributed by atoms with Crippen molar-refractivity contribution in [1.29, 1.82) is 0 Å². The fraction of sp³-hybridized carbons (Fsp3) is 0.889. The molecule has 0 spiro atoms. The van der Waals surface area contributed by atoms with E-state index in [2.05, 4.69) is 27.6 Å². The van der Waals surface area contributed by atoms with Gasteiger partial charge in [-0.1, -0.05) is 12.8 Å². The largest absolute Gasteiger partial charge is 0.381 e. The lowest BCUT2D eigenvalue weighted by atomic mass is 9.96. The Morgan fingerprint density at radius 2 is 1.88 bits per heavy atom. The monoisotopic (exact) mass is 466 g/mol. The van der Waals surface area contributed by atoms with Gasteiger partial charge in [-0.15, -0.1) is 24.0 Å². The molecule has 2 fully saturated rings. The van der Waals surface area contributed by atoms with Crippen LogP contribution >= 0.6 is 24.0 Å². The lowest BCUT2D eigenvalue weighted by Gasteiger charge is -2.26. The predicted octanol–water partition coefficient (Wildman–Crippen LogP) is 2.38. The third-order valence-electron chi connectivity index (χ3n) is 5.14. The molecule has 2 rings (SSSR count). The van der Waals surface area contributed by atoms with Gasteiger partial charge < -0.3 is 20.3 Å². The Hall–Kier alpha value is -0.570. The van der Waals surface area contributed by atoms with E-state index in [0.29, 0.717) is 19.0 Å². The van der Waals surface area contributed by atoms with Crippen LogP contribution in [0.5, 0.6) is 0 Å². The molecule has 0 bridgehead atoms. The number of nitrogens with zero attached hydrogens (tertiary/aromatic N) is 2. The standard InChI is InChI=1S/C18H34N4O2.HI/c1-19-18(22(2)12-8-15-9-13-24-14-10-15)20-11-7-17(23)21-16-5-3-4-6-16;/h15-16H,3-14H2,1-2H3,(H,19,20)(H,21,23);1H. The van der Waals surface area contributed by atoms with E-state index in [1.165, 1.54) is 32.1 Å². The number of halogens is 1. The fourth-order valence-electron chi connectivity index (χ4n) is 3.56. The molecule has 1 saturated carbocycles. The number of amides is 1. The molecule has 1 amide bonds. The Morgan fingerprint density at radius 1 is 1.20 bits per heavy atom. The first-order chi connectivity index (χ1) is 11.7. The van der Waals surface area contributed by atoms with E-state index in [1.807, 2.05) is 0 Å². The van der Waals surface area contributed by atoms with Crippen LogP contribution in [0, 0.1) is 5.92 Å². The lowest BCUT2D eigenvalue weighted by molar-refractivity contribution is -0.121. The summed E-state index contributed by atoms with van der Waals surface area (Å²) in [4.78, 5) is 18.4. The van der Waals surface area contributed by atoms with E-state index in [4.69, 9.17) is 4.74 Å². The maximum atomic E-state index is 12.0. The van der Waals surface area contributed by atoms with Gasteiger partial charge in [0.15, 0.2) is 5.96 Å². The average molecular weight is 466 g/mol. The molecule has 0 radical (unpaired) electrons. The lowest BCUT2D eigenvalue weighted by Crippen LogP contribution is -2.42. The minimum Gasteiger partial charge on any atom is -0.381 e. The van der Waals surface area contributed by atoms with Crippen molar-refractivity contribution in [2.75, 3.05) is 40.4 Å². The van der Waals surface area contributed by atoms with E-state index in [9.17, 15) is 4.79 Å². The van der Waals surface area contributed by atoms with Gasteiger partial charge in [0.1, 0.15) is 0 Å². The molecule has 146 valence electrons. The highest BCUT2D eigenvalue weighted by atomic mass is 127. The molecule has 7 heteroatoms. The summed E-state index contributed by atoms with van der Waals surface area (Å²) < 4.78 is 5.41. The predicted molar refractivity (Wildman–Crippen MR) is 113 cm³/mol. The Bertz CT molecular complexity index is 408. The zero-order chi connectivity index (χ0) is 17.2. The van der Waals surface area contributed by atoms with E-state index in [1.54, 1.807) is 7.05 Å². The summed E-state index contributed by atoms with van der Waals surface area (Å²) in [7, 11) is 3.86. The van der Waals surface area contributed by atoms with Gasteiger partial charge in [-0.25, -0.2) is 0 Å². The summed E-state index contributed by atoms with van der Waals surface area (Å²) in [5.74, 6) is 1.78. The van der Waals surface area contributed by atoms with Crippen LogP contribution in [0.1, 0.15) is 51.4 Å². The maximum absolute atomic E-state index is 12.0. The quantitative estimate of drug-likeness (QED) is 0.344. The maximum Gasteiger partial charge on any atom is 0.221 e. The molecule has 2 aliphatic rings. The number of hydrogen-bond donors (Lipinski definition) is 2. The van der Waals surface area contributed by atoms with Gasteiger partial charge in [0.05, 0.1) is 0 Å². The summed E-state index contributed by atoms with van der Waals surface area (Å²) in [6.07, 6.45) is 8.77. The SMILES string of the molecule is CN=C(NCCC(=O)NC1CCCC1)N(C)CCC1CCOCC1.I. The van der Waals surface area contributed by atoms with Gasteiger partial charge in [0.25, 0.3) is 0 Å². The minimum atomic E-state index is 0. The zero-order valence-electron chi connectivity index (χ0n) is 15.8. The van der Waals surface area contributed by atoms with Crippen molar-refractivity contribution >= 4 is 35.8 Å². The van der Waals surface area contributed by atoms with Gasteiger partial charge in [0, 0.05) is 52.9 Å². The molecule has 1 aliphatic heterocycles. The molecule has 1 heterocycles. The molecule has 0 aromatic carbocycles. The smallest absolute Gasteiger partial charge is 0.221 e. The van der Waals surface area contributed by atoms with E-state index >= 15 is 0 Å². The number of carbonyl (C=O) groups excluding carboxylic acids is 1. The third kappa shape index (κ3) is 8.57. The van der Waals surface area contributed by atoms with Gasteiger partial charge in [-0.2, -0.15) is 0 Å². The van der Waals surface area contributed by atoms with Gasteiger partial charge in [0.2, 0.25) is 5.91 Å². The number of guanidine groups is 1. The van der Waals surface area contributed by atoms with Crippen LogP contribution in [-0.2, 0) is 9.53 Å². The topological polar surface area (TPSA) is 66.0 Å². The highest BCUT2D eigenvalue weighted by Gasteiger charge is 2.17. The fourth-order valence-corrected chi connectivity index (χ4v) is 3.56. The molecule has 0 atom stereocenters. The molecule has 1 saturated heterocycles. The minimum absolute atomic E-state index is 0.